The van der Waals surface area contributed by atoms with Gasteiger partial charge in [-0.2, -0.15) is 5.10 Å². The molecule has 0 aliphatic heterocycles. The van der Waals surface area contributed by atoms with Crippen LogP contribution in [0, 0.1) is 0 Å². The van der Waals surface area contributed by atoms with Gasteiger partial charge in [-0.1, -0.05) is 92.6 Å². The first-order valence-corrected chi connectivity index (χ1v) is 47.4. The van der Waals surface area contributed by atoms with Crippen LogP contribution in [-0.4, -0.2) is 154 Å². The Morgan fingerprint density at radius 1 is 0.293 bits per heavy atom. The number of H-pyrrole nitrogens is 3. The van der Waals surface area contributed by atoms with Crippen molar-refractivity contribution >= 4 is 145 Å². The van der Waals surface area contributed by atoms with Gasteiger partial charge in [-0.05, 0) is 194 Å². The Kier molecular flexibility index (Phi) is 33.2. The summed E-state index contributed by atoms with van der Waals surface area (Å²) in [7, 11) is 2.96. The summed E-state index contributed by atoms with van der Waals surface area (Å²) in [5.41, 5.74) is -6.62. The van der Waals surface area contributed by atoms with Crippen molar-refractivity contribution in [3.63, 3.8) is 0 Å². The molecule has 8 aromatic carbocycles. The smallest absolute Gasteiger partial charge is 0.275 e. The number of pyridine rings is 1. The average molecular weight is 2180 g/mol. The number of halogens is 5. The first-order valence-electron chi connectivity index (χ1n) is 45.6. The Morgan fingerprint density at radius 2 is 0.620 bits per heavy atom. The Hall–Kier alpha value is -15.6. The Bertz CT molecular complexity index is 8880. The lowest BCUT2D eigenvalue weighted by molar-refractivity contribution is 0.290. The molecule has 150 heavy (non-hydrogen) atoms. The second-order valence-corrected chi connectivity index (χ2v) is 45.0. The molecule has 19 N–H and O–H groups in total. The van der Waals surface area contributed by atoms with E-state index >= 15 is 0 Å². The van der Waals surface area contributed by atoms with Crippen molar-refractivity contribution in [2.24, 2.45) is 14.1 Å². The van der Waals surface area contributed by atoms with Crippen LogP contribution >= 0.6 is 58.0 Å². The van der Waals surface area contributed by atoms with E-state index in [-0.39, 0.29) is 163 Å². The maximum absolute atomic E-state index is 12.6. The maximum Gasteiger partial charge on any atom is 0.275 e. The predicted molar refractivity (Wildman–Crippen MR) is 577 cm³/mol. The minimum Gasteiger partial charge on any atom is -0.504 e. The molecule has 0 radical (unpaired) electrons. The molecule has 16 rings (SSSR count). The molecule has 0 saturated carbocycles. The summed E-state index contributed by atoms with van der Waals surface area (Å²) >= 11 is 29.7. The van der Waals surface area contributed by atoms with Gasteiger partial charge >= 0.3 is 0 Å². The molecule has 0 amide bonds. The lowest BCUT2D eigenvalue weighted by Gasteiger charge is -2.27. The molecule has 43 nitrogen and oxygen atoms in total. The Labute approximate surface area is 875 Å². The van der Waals surface area contributed by atoms with Gasteiger partial charge in [0.25, 0.3) is 55.6 Å². The summed E-state index contributed by atoms with van der Waals surface area (Å²) in [6.07, 6.45) is 4.65. The van der Waals surface area contributed by atoms with Gasteiger partial charge in [-0.15, -0.1) is 0 Å². The van der Waals surface area contributed by atoms with E-state index in [4.69, 9.17) is 58.0 Å². The summed E-state index contributed by atoms with van der Waals surface area (Å²) in [6, 6.07) is 12.8. The number of benzene rings is 8. The second kappa shape index (κ2) is 42.2. The zero-order valence-electron chi connectivity index (χ0n) is 87.0. The number of phenolic OH excluding ortho intramolecular Hbond substituents is 16. The quantitative estimate of drug-likeness (QED) is 0.0679. The third kappa shape index (κ3) is 23.6. The SMILES string of the molecule is CC(C)(C)c1n[nH]c2cc(O)c(O)c(Cl)c2c1=O.CC(C)(C)n1[nH]c(=O)c2cc(O)c(O)c(Cl)c2c1=O.CC(C)(C)n1[nH]c(=O)c2cc(O)c(O)cc2c1=O.CC(C)(C)n1cnc2cc(O)c(O)c(Cl)c2c1=O.CC(C)(C)n1cnc2cc(O)c(O)cc2c1=O.CC(C)c1cn(C(C)(C)C)c2cc(O)c(O)c(Cl)c2c1=O.Cn1c(=O)c2cc(O)c(O)c(Cl)c2c(=O)n1C(C)(C)C.Cn1c(=O)c2cc(O)c(O)cc2c(=O)n1C(C)(C)C. The molecular weight excluding hydrogens is 2060 g/mol. The van der Waals surface area contributed by atoms with Crippen molar-refractivity contribution in [1.82, 2.24) is 72.2 Å². The fraction of sp³-hybridized carbons (Fsp3) is 0.363. The van der Waals surface area contributed by atoms with Gasteiger partial charge in [0.2, 0.25) is 5.43 Å². The second-order valence-electron chi connectivity index (χ2n) is 43.2. The molecule has 0 bridgehead atoms. The van der Waals surface area contributed by atoms with E-state index in [0.29, 0.717) is 22.3 Å². The largest absolute Gasteiger partial charge is 0.504 e. The van der Waals surface area contributed by atoms with E-state index in [2.05, 4.69) is 30.4 Å². The van der Waals surface area contributed by atoms with Crippen LogP contribution in [0.5, 0.6) is 92.0 Å². The van der Waals surface area contributed by atoms with Crippen molar-refractivity contribution < 1.29 is 81.7 Å². The van der Waals surface area contributed by atoms with Crippen LogP contribution < -0.4 is 66.5 Å². The number of hydrogen-bond donors (Lipinski definition) is 19. The highest BCUT2D eigenvalue weighted by Gasteiger charge is 2.32. The van der Waals surface area contributed by atoms with E-state index in [1.54, 1.807) is 83.1 Å². The number of aromatic nitrogens is 15. The number of nitrogens with one attached hydrogen (secondary N) is 3. The van der Waals surface area contributed by atoms with E-state index in [0.717, 1.165) is 41.1 Å². The van der Waals surface area contributed by atoms with Crippen LogP contribution in [-0.2, 0) is 58.3 Å². The highest BCUT2D eigenvalue weighted by molar-refractivity contribution is 6.39. The van der Waals surface area contributed by atoms with Gasteiger partial charge < -0.3 is 86.3 Å². The zero-order valence-corrected chi connectivity index (χ0v) is 90.8. The monoisotopic (exact) mass is 2180 g/mol. The van der Waals surface area contributed by atoms with Crippen LogP contribution in [0.4, 0.5) is 0 Å². The molecule has 8 aromatic heterocycles. The van der Waals surface area contributed by atoms with Crippen LogP contribution in [0.3, 0.4) is 0 Å². The fourth-order valence-corrected chi connectivity index (χ4v) is 16.9. The highest BCUT2D eigenvalue weighted by Crippen LogP contribution is 2.45. The molecule has 0 spiro atoms. The molecule has 48 heteroatoms. The van der Waals surface area contributed by atoms with Crippen molar-refractivity contribution in [3.8, 4) is 92.0 Å². The molecule has 0 fully saturated rings. The number of hydrogen-bond acceptors (Lipinski definition) is 31. The van der Waals surface area contributed by atoms with E-state index in [9.17, 15) is 139 Å². The fourth-order valence-electron chi connectivity index (χ4n) is 15.5. The molecule has 16 aromatic rings. The lowest BCUT2D eigenvalue weighted by Crippen LogP contribution is -2.45. The van der Waals surface area contributed by atoms with Gasteiger partial charge in [0.05, 0.1) is 142 Å². The van der Waals surface area contributed by atoms with Crippen molar-refractivity contribution in [1.29, 1.82) is 0 Å². The van der Waals surface area contributed by atoms with E-state index in [1.807, 2.05) is 108 Å². The molecule has 8 heterocycles. The minimum absolute atomic E-state index is 0.0294. The van der Waals surface area contributed by atoms with E-state index < -0.39 is 147 Å². The summed E-state index contributed by atoms with van der Waals surface area (Å²) in [5.74, 6) is -7.14. The first-order chi connectivity index (χ1) is 68.4. The maximum atomic E-state index is 12.6. The summed E-state index contributed by atoms with van der Waals surface area (Å²) < 4.78 is 12.2. The lowest BCUT2D eigenvalue weighted by atomic mass is 9.91. The summed E-state index contributed by atoms with van der Waals surface area (Å²) in [5, 5.41) is 164. The van der Waals surface area contributed by atoms with Gasteiger partial charge in [0.1, 0.15) is 10.7 Å². The standard InChI is InChI=1S/C16H20ClNO3.C13H15ClN2O4.C13H16N2O4.C12H13ClN2O4.2C12H13ClN2O3.C12H14N2O4.C12H14N2O3/c1-8(2)9-7-18(16(3,4)5)10-6-11(19)15(21)13(17)12(10)14(9)20;1-13(2,3)16-12(20)8-6(11(19)15(16)4)5-7(17)10(18)9(8)14;1-13(2,3)15-12(19)8-6-10(17)9(16)5-7(8)11(18)14(15)4;1-12(2,3)15-11(19)7-5(10(18)14-15)4-6(16)9(17)8(7)13;1-12(2,3)15-5-14-6-4-7(16)10(17)9(13)8(6)11(15)18;1-12(2,3)11-10(18)7-5(14-15-11)4-6(16)9(17)8(7)13;1-12(2,3)14-11(18)7-5-9(16)8(15)4-6(7)10(17)13-14;1-12(2,3)14-6-13-8-5-10(16)9(15)4-7(8)11(14)17/h6-8,19,21H,1-5H3;5,17-18H,1-4H3;5-6,16-17H,1-4H3;4,16-17H,1-3H3,(H,14,18);4-5,16-17H,1-3H3;4,16-17H,1-3H3,(H,14,18);4-5,15-16H,1-3H3,(H,13,17);4-6,15-16H,1-3H3. The number of aromatic hydroxyl groups is 16. The summed E-state index contributed by atoms with van der Waals surface area (Å²) in [6.45, 7) is 47.9. The topological polar surface area (TPSA) is 659 Å². The average Bonchev–Trinajstić information content (AvgIpc) is 0.716. The molecule has 0 aliphatic rings. The number of phenols is 16. The third-order valence-corrected chi connectivity index (χ3v) is 24.8. The predicted octanol–water partition coefficient (Wildman–Crippen LogP) is 14.8. The summed E-state index contributed by atoms with van der Waals surface area (Å²) in [4.78, 5) is 155. The molecule has 0 unspecified atom stereocenters. The normalized spacial score (nSPS) is 12.0. The van der Waals surface area contributed by atoms with Crippen LogP contribution in [0.15, 0.2) is 143 Å². The van der Waals surface area contributed by atoms with Gasteiger partial charge in [-0.25, -0.2) is 38.1 Å². The Morgan fingerprint density at radius 3 is 1.05 bits per heavy atom. The highest BCUT2D eigenvalue weighted by atomic mass is 35.5. The van der Waals surface area contributed by atoms with Gasteiger partial charge in [0.15, 0.2) is 97.4 Å². The third-order valence-electron chi connectivity index (χ3n) is 23.0. The molecular formula is C102H118Cl5N15O28. The number of aromatic amines is 3. The van der Waals surface area contributed by atoms with Crippen molar-refractivity contribution in [3.05, 3.63) is 246 Å². The van der Waals surface area contributed by atoms with Crippen LogP contribution in [0.25, 0.3) is 86.7 Å². The molecule has 804 valence electrons. The molecule has 0 aliphatic carbocycles. The zero-order chi connectivity index (χ0) is 114. The van der Waals surface area contributed by atoms with Crippen LogP contribution in [0.1, 0.15) is 197 Å². The Balaban J connectivity index is 0.000000190. The first kappa shape index (κ1) is 118. The van der Waals surface area contributed by atoms with Crippen LogP contribution in [0.2, 0.25) is 25.1 Å². The number of fused-ring (bicyclic) bond motifs is 8. The van der Waals surface area contributed by atoms with Crippen molar-refractivity contribution in [2.45, 2.75) is 230 Å². The van der Waals surface area contributed by atoms with E-state index in [1.165, 1.54) is 89.6 Å². The number of nitrogens with zero attached hydrogens (tertiary/aromatic N) is 12. The molecule has 0 saturated heterocycles. The van der Waals surface area contributed by atoms with Gasteiger partial charge in [-0.3, -0.25) is 82.0 Å². The number of rotatable bonds is 1. The van der Waals surface area contributed by atoms with Crippen molar-refractivity contribution in [2.75, 3.05) is 0 Å². The van der Waals surface area contributed by atoms with Gasteiger partial charge in [0, 0.05) is 72.2 Å². The minimum atomic E-state index is -0.652. The molecule has 0 atom stereocenters.